The lowest BCUT2D eigenvalue weighted by Gasteiger charge is -2.13. The van der Waals surface area contributed by atoms with Crippen LogP contribution in [0.1, 0.15) is 13.8 Å². The molecule has 0 aliphatic rings. The topological polar surface area (TPSA) is 138 Å². The highest BCUT2D eigenvalue weighted by Gasteiger charge is 2.17. The highest BCUT2D eigenvalue weighted by molar-refractivity contribution is 7.11. The number of azo groups is 1. The van der Waals surface area contributed by atoms with Crippen molar-refractivity contribution in [1.29, 1.82) is 0 Å². The average Bonchev–Trinajstić information content (AvgIpc) is 3.12. The molecule has 0 unspecified atom stereocenters. The number of benzene rings is 1. The smallest absolute Gasteiger partial charge is 0.222 e. The number of nitrogens with one attached hydrogen (secondary N) is 2. The molecule has 4 rings (SSSR count). The second-order valence-corrected chi connectivity index (χ2v) is 6.77. The zero-order valence-corrected chi connectivity index (χ0v) is 16.4. The summed E-state index contributed by atoms with van der Waals surface area (Å²) < 4.78 is 4.22. The lowest BCUT2D eigenvalue weighted by Crippen LogP contribution is -2.08. The maximum atomic E-state index is 11.5. The predicted molar refractivity (Wildman–Crippen MR) is 111 cm³/mol. The van der Waals surface area contributed by atoms with Gasteiger partial charge in [-0.05, 0) is 24.5 Å². The summed E-state index contributed by atoms with van der Waals surface area (Å²) in [5.41, 5.74) is 1.28. The van der Waals surface area contributed by atoms with Crippen molar-refractivity contribution in [3.63, 3.8) is 0 Å². The zero-order valence-electron chi connectivity index (χ0n) is 15.5. The highest BCUT2D eigenvalue weighted by Crippen LogP contribution is 2.41. The van der Waals surface area contributed by atoms with Crippen LogP contribution in [-0.4, -0.2) is 36.9 Å². The summed E-state index contributed by atoms with van der Waals surface area (Å²) in [6, 6.07) is 5.39. The average molecular weight is 408 g/mol. The molecule has 1 aromatic carbocycles. The first-order valence-corrected chi connectivity index (χ1v) is 9.50. The van der Waals surface area contributed by atoms with Crippen LogP contribution in [0, 0.1) is 0 Å². The summed E-state index contributed by atoms with van der Waals surface area (Å²) in [7, 11) is 0. The maximum Gasteiger partial charge on any atom is 0.222 e. The molecule has 0 radical (unpaired) electrons. The number of nitrogens with zero attached hydrogens (tertiary/aromatic N) is 6. The van der Waals surface area contributed by atoms with Crippen molar-refractivity contribution in [2.45, 2.75) is 13.8 Å². The Bertz CT molecular complexity index is 1250. The molecule has 0 fully saturated rings. The summed E-state index contributed by atoms with van der Waals surface area (Å²) in [4.78, 5) is 23.9. The minimum atomic E-state index is -0.358. The number of aromatic hydroxyl groups is 1. The molecule has 0 spiro atoms. The largest absolute Gasteiger partial charge is 0.504 e. The Balaban J connectivity index is 1.91. The van der Waals surface area contributed by atoms with Gasteiger partial charge < -0.3 is 15.7 Å². The quantitative estimate of drug-likeness (QED) is 0.422. The number of hydrogen-bond donors (Lipinski definition) is 3. The van der Waals surface area contributed by atoms with Crippen LogP contribution in [0.3, 0.4) is 0 Å². The number of carbonyl (C=O) groups excluding carboxylic acids is 1. The summed E-state index contributed by atoms with van der Waals surface area (Å²) in [5, 5.41) is 27.3. The first-order valence-electron chi connectivity index (χ1n) is 8.72. The summed E-state index contributed by atoms with van der Waals surface area (Å²) in [5.74, 6) is -0.226. The van der Waals surface area contributed by atoms with Crippen LogP contribution >= 0.6 is 11.5 Å². The SMILES string of the molecule is CCNc1cccc2c(O)c(NC(C)=O)nc(N=Nc3snc4ncncc34)c12. The lowest BCUT2D eigenvalue weighted by molar-refractivity contribution is -0.114. The molecule has 3 heterocycles. The molecular formula is C18H16N8O2S. The van der Waals surface area contributed by atoms with Gasteiger partial charge in [0.1, 0.15) is 6.33 Å². The van der Waals surface area contributed by atoms with Gasteiger partial charge in [-0.15, -0.1) is 10.2 Å². The van der Waals surface area contributed by atoms with Gasteiger partial charge in [-0.2, -0.15) is 4.37 Å². The maximum absolute atomic E-state index is 11.5. The number of rotatable bonds is 5. The molecule has 0 saturated heterocycles. The van der Waals surface area contributed by atoms with Crippen molar-refractivity contribution < 1.29 is 9.90 Å². The van der Waals surface area contributed by atoms with Crippen LogP contribution in [0.15, 0.2) is 41.0 Å². The second kappa shape index (κ2) is 7.72. The van der Waals surface area contributed by atoms with Gasteiger partial charge in [-0.25, -0.2) is 15.0 Å². The Hall–Kier alpha value is -3.73. The van der Waals surface area contributed by atoms with Crippen molar-refractivity contribution >= 4 is 61.6 Å². The molecule has 0 aliphatic carbocycles. The van der Waals surface area contributed by atoms with Gasteiger partial charge in [0.2, 0.25) is 5.91 Å². The Morgan fingerprint density at radius 2 is 2.14 bits per heavy atom. The van der Waals surface area contributed by atoms with Crippen molar-refractivity contribution in [1.82, 2.24) is 19.3 Å². The van der Waals surface area contributed by atoms with E-state index in [-0.39, 0.29) is 23.3 Å². The Morgan fingerprint density at radius 1 is 1.28 bits per heavy atom. The molecule has 3 aromatic heterocycles. The van der Waals surface area contributed by atoms with Crippen molar-refractivity contribution in [3.8, 4) is 5.75 Å². The molecule has 0 atom stereocenters. The Morgan fingerprint density at radius 3 is 2.93 bits per heavy atom. The Labute approximate surface area is 168 Å². The van der Waals surface area contributed by atoms with Crippen LogP contribution in [0.2, 0.25) is 0 Å². The monoisotopic (exact) mass is 408 g/mol. The number of carbonyl (C=O) groups is 1. The number of hydrogen-bond acceptors (Lipinski definition) is 10. The zero-order chi connectivity index (χ0) is 20.4. The van der Waals surface area contributed by atoms with E-state index in [9.17, 15) is 9.90 Å². The molecule has 146 valence electrons. The second-order valence-electron chi connectivity index (χ2n) is 6.02. The molecule has 10 nitrogen and oxygen atoms in total. The van der Waals surface area contributed by atoms with Crippen LogP contribution in [0.5, 0.6) is 5.75 Å². The molecule has 11 heteroatoms. The molecule has 0 aliphatic heterocycles. The van der Waals surface area contributed by atoms with Gasteiger partial charge in [-0.3, -0.25) is 4.79 Å². The van der Waals surface area contributed by atoms with E-state index in [1.165, 1.54) is 13.3 Å². The van der Waals surface area contributed by atoms with Crippen LogP contribution < -0.4 is 10.6 Å². The fraction of sp³-hybridized carbons (Fsp3) is 0.167. The number of anilines is 2. The van der Waals surface area contributed by atoms with E-state index in [0.29, 0.717) is 33.4 Å². The van der Waals surface area contributed by atoms with Gasteiger partial charge in [0.25, 0.3) is 0 Å². The molecule has 3 N–H and O–H groups in total. The third-order valence-electron chi connectivity index (χ3n) is 4.02. The molecule has 4 aromatic rings. The standard InChI is InChI=1S/C18H16N8O2S/c1-3-20-12-6-4-5-10-13(12)16(23-17(14(10)28)22-9(2)27)24-25-18-11-7-19-8-21-15(11)26-29-18/h4-8,20,28H,3H2,1-2H3,(H,22,23,27). The first-order chi connectivity index (χ1) is 14.1. The van der Waals surface area contributed by atoms with Gasteiger partial charge in [0.15, 0.2) is 28.0 Å². The van der Waals surface area contributed by atoms with Crippen LogP contribution in [-0.2, 0) is 4.79 Å². The summed E-state index contributed by atoms with van der Waals surface area (Å²) in [6.07, 6.45) is 3.04. The third kappa shape index (κ3) is 3.55. The number of pyridine rings is 1. The third-order valence-corrected chi connectivity index (χ3v) is 4.76. The number of fused-ring (bicyclic) bond motifs is 2. The minimum Gasteiger partial charge on any atom is -0.504 e. The normalized spacial score (nSPS) is 11.4. The van der Waals surface area contributed by atoms with Gasteiger partial charge in [-0.1, -0.05) is 12.1 Å². The summed E-state index contributed by atoms with van der Waals surface area (Å²) in [6.45, 7) is 3.97. The Kier molecular flexibility index (Phi) is 4.96. The van der Waals surface area contributed by atoms with Gasteiger partial charge in [0.05, 0.1) is 10.8 Å². The molecule has 29 heavy (non-hydrogen) atoms. The van der Waals surface area contributed by atoms with Crippen LogP contribution in [0.25, 0.3) is 21.8 Å². The minimum absolute atomic E-state index is 0.0186. The van der Waals surface area contributed by atoms with Gasteiger partial charge in [0, 0.05) is 30.7 Å². The van der Waals surface area contributed by atoms with Crippen LogP contribution in [0.4, 0.5) is 22.3 Å². The van der Waals surface area contributed by atoms with E-state index in [4.69, 9.17) is 0 Å². The number of amides is 1. The van der Waals surface area contributed by atoms with E-state index in [0.717, 1.165) is 17.2 Å². The fourth-order valence-electron chi connectivity index (χ4n) is 2.84. The molecular weight excluding hydrogens is 392 g/mol. The predicted octanol–water partition coefficient (Wildman–Crippen LogP) is 4.15. The number of aromatic nitrogens is 4. The van der Waals surface area contributed by atoms with E-state index < -0.39 is 0 Å². The lowest BCUT2D eigenvalue weighted by atomic mass is 10.1. The van der Waals surface area contributed by atoms with Crippen molar-refractivity contribution in [3.05, 3.63) is 30.7 Å². The first kappa shape index (κ1) is 18.6. The fourth-order valence-corrected chi connectivity index (χ4v) is 3.48. The molecule has 0 bridgehead atoms. The van der Waals surface area contributed by atoms with E-state index in [1.54, 1.807) is 18.3 Å². The molecule has 0 saturated carbocycles. The van der Waals surface area contributed by atoms with Gasteiger partial charge >= 0.3 is 0 Å². The molecule has 1 amide bonds. The highest BCUT2D eigenvalue weighted by atomic mass is 32.1. The van der Waals surface area contributed by atoms with E-state index in [2.05, 4.69) is 40.2 Å². The van der Waals surface area contributed by atoms with E-state index in [1.807, 2.05) is 13.0 Å². The van der Waals surface area contributed by atoms with Crippen molar-refractivity contribution in [2.75, 3.05) is 17.2 Å². The summed E-state index contributed by atoms with van der Waals surface area (Å²) >= 11 is 1.14. The van der Waals surface area contributed by atoms with E-state index >= 15 is 0 Å². The van der Waals surface area contributed by atoms with Crippen molar-refractivity contribution in [2.24, 2.45) is 10.2 Å².